The van der Waals surface area contributed by atoms with Gasteiger partial charge in [-0.15, -0.1) is 0 Å². The molecule has 6 heteroatoms. The second-order valence-corrected chi connectivity index (χ2v) is 7.90. The van der Waals surface area contributed by atoms with Crippen molar-refractivity contribution in [1.82, 2.24) is 9.88 Å². The molecule has 4 rings (SSSR count). The van der Waals surface area contributed by atoms with Crippen LogP contribution in [0.15, 0.2) is 41.5 Å². The quantitative estimate of drug-likeness (QED) is 0.850. The van der Waals surface area contributed by atoms with Crippen LogP contribution in [0.1, 0.15) is 25.8 Å². The molecule has 0 saturated carbocycles. The Morgan fingerprint density at radius 3 is 2.72 bits per heavy atom. The molecule has 1 unspecified atom stereocenters. The van der Waals surface area contributed by atoms with Gasteiger partial charge in [0.1, 0.15) is 16.9 Å². The van der Waals surface area contributed by atoms with E-state index in [0.717, 1.165) is 35.5 Å². The van der Waals surface area contributed by atoms with Gasteiger partial charge in [-0.3, -0.25) is 4.98 Å². The standard InChI is InChI=1S/C19H21ClN4O/c1-18(2)10-19(11-24(3)17(21)23-19)14-8-12(4-5-16(14)25-18)15-9-13(20)6-7-22-15/h4-9H,10-11H2,1-3H3,(H2,21,23). The number of nitrogens with zero attached hydrogens (tertiary/aromatic N) is 3. The van der Waals surface area contributed by atoms with Crippen LogP contribution >= 0.6 is 11.6 Å². The summed E-state index contributed by atoms with van der Waals surface area (Å²) in [4.78, 5) is 11.3. The van der Waals surface area contributed by atoms with Crippen LogP contribution in [0.25, 0.3) is 11.3 Å². The highest BCUT2D eigenvalue weighted by Gasteiger charge is 2.49. The number of guanidine groups is 1. The van der Waals surface area contributed by atoms with Crippen LogP contribution in [0, 0.1) is 0 Å². The number of fused-ring (bicyclic) bond motifs is 2. The molecule has 0 aliphatic carbocycles. The van der Waals surface area contributed by atoms with Crippen LogP contribution in [0.5, 0.6) is 5.75 Å². The lowest BCUT2D eigenvalue weighted by Crippen LogP contribution is -2.45. The van der Waals surface area contributed by atoms with E-state index in [1.165, 1.54) is 0 Å². The molecule has 1 aromatic carbocycles. The van der Waals surface area contributed by atoms with Crippen LogP contribution in [0.4, 0.5) is 0 Å². The molecule has 5 nitrogen and oxygen atoms in total. The third-order valence-corrected chi connectivity index (χ3v) is 5.06. The van der Waals surface area contributed by atoms with Crippen molar-refractivity contribution in [3.05, 3.63) is 47.1 Å². The summed E-state index contributed by atoms with van der Waals surface area (Å²) >= 11 is 6.12. The van der Waals surface area contributed by atoms with Crippen LogP contribution < -0.4 is 10.5 Å². The summed E-state index contributed by atoms with van der Waals surface area (Å²) in [6, 6.07) is 9.76. The zero-order chi connectivity index (χ0) is 17.8. The van der Waals surface area contributed by atoms with Crippen molar-refractivity contribution in [3.8, 4) is 17.0 Å². The van der Waals surface area contributed by atoms with Gasteiger partial charge in [0.2, 0.25) is 0 Å². The number of hydrogen-bond acceptors (Lipinski definition) is 5. The summed E-state index contributed by atoms with van der Waals surface area (Å²) in [6.45, 7) is 4.92. The highest BCUT2D eigenvalue weighted by molar-refractivity contribution is 6.30. The molecule has 0 saturated heterocycles. The van der Waals surface area contributed by atoms with E-state index in [1.54, 1.807) is 12.3 Å². The first kappa shape index (κ1) is 16.2. The van der Waals surface area contributed by atoms with E-state index in [1.807, 2.05) is 30.1 Å². The van der Waals surface area contributed by atoms with Crippen molar-refractivity contribution in [2.75, 3.05) is 13.6 Å². The van der Waals surface area contributed by atoms with Crippen molar-refractivity contribution in [2.45, 2.75) is 31.4 Å². The molecule has 1 atom stereocenters. The third-order valence-electron chi connectivity index (χ3n) is 4.82. The summed E-state index contributed by atoms with van der Waals surface area (Å²) < 4.78 is 6.22. The first-order chi connectivity index (χ1) is 11.8. The first-order valence-corrected chi connectivity index (χ1v) is 8.68. The molecular weight excluding hydrogens is 336 g/mol. The van der Waals surface area contributed by atoms with E-state index < -0.39 is 5.54 Å². The van der Waals surface area contributed by atoms with Crippen LogP contribution in [0.2, 0.25) is 5.02 Å². The van der Waals surface area contributed by atoms with E-state index >= 15 is 0 Å². The van der Waals surface area contributed by atoms with Gasteiger partial charge in [-0.2, -0.15) is 0 Å². The molecule has 3 heterocycles. The Labute approximate surface area is 152 Å². The minimum absolute atomic E-state index is 0.308. The lowest BCUT2D eigenvalue weighted by molar-refractivity contribution is 0.0456. The molecule has 0 amide bonds. The maximum atomic E-state index is 6.22. The Balaban J connectivity index is 1.88. The molecule has 2 N–H and O–H groups in total. The van der Waals surface area contributed by atoms with Crippen molar-refractivity contribution < 1.29 is 4.74 Å². The lowest BCUT2D eigenvalue weighted by Gasteiger charge is -2.42. The topological polar surface area (TPSA) is 63.7 Å². The maximum Gasteiger partial charge on any atom is 0.192 e. The van der Waals surface area contributed by atoms with Gasteiger partial charge in [-0.05, 0) is 44.2 Å². The molecule has 2 aliphatic rings. The normalized spacial score (nSPS) is 24.0. The number of aliphatic imine (C=N–C) groups is 1. The molecule has 1 spiro atoms. The molecule has 1 aromatic heterocycles. The number of pyridine rings is 1. The first-order valence-electron chi connectivity index (χ1n) is 8.30. The fourth-order valence-electron chi connectivity index (χ4n) is 3.89. The fourth-order valence-corrected chi connectivity index (χ4v) is 4.05. The van der Waals surface area contributed by atoms with E-state index in [9.17, 15) is 0 Å². The Morgan fingerprint density at radius 2 is 2.04 bits per heavy atom. The number of benzene rings is 1. The number of rotatable bonds is 1. The largest absolute Gasteiger partial charge is 0.487 e. The predicted octanol–water partition coefficient (Wildman–Crippen LogP) is 3.42. The van der Waals surface area contributed by atoms with E-state index in [4.69, 9.17) is 27.1 Å². The van der Waals surface area contributed by atoms with Gasteiger partial charge < -0.3 is 15.4 Å². The number of halogens is 1. The van der Waals surface area contributed by atoms with Gasteiger partial charge in [-0.25, -0.2) is 4.99 Å². The van der Waals surface area contributed by atoms with Crippen LogP contribution in [0.3, 0.4) is 0 Å². The molecule has 2 aliphatic heterocycles. The Bertz CT molecular complexity index is 879. The van der Waals surface area contributed by atoms with Crippen molar-refractivity contribution in [3.63, 3.8) is 0 Å². The SMILES string of the molecule is CN1CC2(CC(C)(C)Oc3ccc(-c4cc(Cl)ccn4)cc32)N=C1N. The van der Waals surface area contributed by atoms with E-state index in [0.29, 0.717) is 11.0 Å². The number of hydrogen-bond donors (Lipinski definition) is 1. The van der Waals surface area contributed by atoms with Crippen LogP contribution in [-0.4, -0.2) is 35.0 Å². The summed E-state index contributed by atoms with van der Waals surface area (Å²) in [5.74, 6) is 1.42. The summed E-state index contributed by atoms with van der Waals surface area (Å²) in [5.41, 5.74) is 8.28. The Hall–Kier alpha value is -2.27. The van der Waals surface area contributed by atoms with Gasteiger partial charge in [0.05, 0.1) is 12.2 Å². The minimum atomic E-state index is -0.398. The summed E-state index contributed by atoms with van der Waals surface area (Å²) in [7, 11) is 1.97. The number of likely N-dealkylation sites (N-methyl/N-ethyl adjacent to an activating group) is 1. The maximum absolute atomic E-state index is 6.22. The molecule has 130 valence electrons. The zero-order valence-electron chi connectivity index (χ0n) is 14.6. The highest BCUT2D eigenvalue weighted by Crippen LogP contribution is 2.49. The van der Waals surface area contributed by atoms with E-state index in [-0.39, 0.29) is 5.60 Å². The lowest BCUT2D eigenvalue weighted by atomic mass is 9.77. The third kappa shape index (κ3) is 2.72. The number of ether oxygens (including phenoxy) is 1. The smallest absolute Gasteiger partial charge is 0.192 e. The second-order valence-electron chi connectivity index (χ2n) is 7.47. The van der Waals surface area contributed by atoms with Gasteiger partial charge in [0, 0.05) is 35.8 Å². The van der Waals surface area contributed by atoms with Crippen molar-refractivity contribution >= 4 is 17.6 Å². The van der Waals surface area contributed by atoms with Gasteiger partial charge in [0.15, 0.2) is 5.96 Å². The minimum Gasteiger partial charge on any atom is -0.487 e. The molecule has 0 radical (unpaired) electrons. The fraction of sp³-hybridized carbons (Fsp3) is 0.368. The zero-order valence-corrected chi connectivity index (χ0v) is 15.3. The van der Waals surface area contributed by atoms with Gasteiger partial charge in [0.25, 0.3) is 0 Å². The van der Waals surface area contributed by atoms with Crippen LogP contribution in [-0.2, 0) is 5.54 Å². The van der Waals surface area contributed by atoms with E-state index in [2.05, 4.69) is 24.9 Å². The molecular formula is C19H21ClN4O. The highest BCUT2D eigenvalue weighted by atomic mass is 35.5. The number of nitrogens with two attached hydrogens (primary N) is 1. The predicted molar refractivity (Wildman–Crippen MR) is 99.9 cm³/mol. The molecule has 0 bridgehead atoms. The van der Waals surface area contributed by atoms with Crippen molar-refractivity contribution in [1.29, 1.82) is 0 Å². The summed E-state index contributed by atoms with van der Waals surface area (Å²) in [6.07, 6.45) is 2.48. The summed E-state index contributed by atoms with van der Waals surface area (Å²) in [5, 5.41) is 0.665. The monoisotopic (exact) mass is 356 g/mol. The molecule has 25 heavy (non-hydrogen) atoms. The Morgan fingerprint density at radius 1 is 1.24 bits per heavy atom. The van der Waals surface area contributed by atoms with Crippen molar-refractivity contribution in [2.24, 2.45) is 10.7 Å². The average molecular weight is 357 g/mol. The molecule has 2 aromatic rings. The second kappa shape index (κ2) is 5.36. The number of aromatic nitrogens is 1. The Kier molecular flexibility index (Phi) is 3.48. The van der Waals surface area contributed by atoms with Gasteiger partial charge >= 0.3 is 0 Å². The average Bonchev–Trinajstić information content (AvgIpc) is 2.80. The van der Waals surface area contributed by atoms with Gasteiger partial charge in [-0.1, -0.05) is 11.6 Å². The molecule has 0 fully saturated rings.